The molecule has 0 radical (unpaired) electrons. The molecule has 13 heteroatoms. The van der Waals surface area contributed by atoms with Crippen LogP contribution in [0.1, 0.15) is 46.4 Å². The Hall–Kier alpha value is -4.52. The van der Waals surface area contributed by atoms with E-state index in [0.29, 0.717) is 5.69 Å². The molecule has 0 bridgehead atoms. The van der Waals surface area contributed by atoms with Gasteiger partial charge in [-0.05, 0) is 23.7 Å². The average Bonchev–Trinajstić information content (AvgIpc) is 3.27. The Kier molecular flexibility index (Phi) is 10.4. The fourth-order valence-electron chi connectivity index (χ4n) is 4.29. The normalized spacial score (nSPS) is 13.8. The largest absolute Gasteiger partial charge is 0.462 e. The van der Waals surface area contributed by atoms with E-state index >= 15 is 0 Å². The van der Waals surface area contributed by atoms with Crippen LogP contribution in [0.15, 0.2) is 48.7 Å². The summed E-state index contributed by atoms with van der Waals surface area (Å²) in [4.78, 5) is 63.2. The van der Waals surface area contributed by atoms with Gasteiger partial charge in [-0.25, -0.2) is 0 Å². The number of ether oxygens (including phenoxy) is 5. The molecule has 0 saturated carbocycles. The molecule has 3 aromatic rings. The van der Waals surface area contributed by atoms with E-state index in [0.717, 1.165) is 45.4 Å². The number of esters is 5. The molecule has 0 unspecified atom stereocenters. The molecule has 1 heterocycles. The first-order valence-corrected chi connectivity index (χ1v) is 12.9. The van der Waals surface area contributed by atoms with E-state index in [-0.39, 0.29) is 10.5 Å². The Morgan fingerprint density at radius 2 is 1.34 bits per heavy atom. The minimum absolute atomic E-state index is 0.176. The third-order valence-electron chi connectivity index (χ3n) is 5.72. The summed E-state index contributed by atoms with van der Waals surface area (Å²) in [5.41, 5.74) is 0.890. The molecule has 218 valence electrons. The van der Waals surface area contributed by atoms with Crippen LogP contribution in [0.2, 0.25) is 0 Å². The molecule has 3 rings (SSSR count). The minimum Gasteiger partial charge on any atom is -0.462 e. The van der Waals surface area contributed by atoms with Gasteiger partial charge in [0.2, 0.25) is 0 Å². The van der Waals surface area contributed by atoms with Gasteiger partial charge in [0.25, 0.3) is 0 Å². The maximum Gasteiger partial charge on any atom is 0.303 e. The molecule has 1 N–H and O–H groups in total. The van der Waals surface area contributed by atoms with E-state index in [4.69, 9.17) is 35.9 Å². The Labute approximate surface area is 240 Å². The van der Waals surface area contributed by atoms with Crippen molar-refractivity contribution >= 4 is 52.8 Å². The number of hydrogen-bond acceptors (Lipinski definition) is 11. The number of rotatable bonds is 11. The Balaban J connectivity index is 2.19. The van der Waals surface area contributed by atoms with Crippen LogP contribution in [0, 0.1) is 4.77 Å². The lowest BCUT2D eigenvalue weighted by Crippen LogP contribution is -2.50. The van der Waals surface area contributed by atoms with Gasteiger partial charge in [-0.1, -0.05) is 36.4 Å². The molecule has 41 heavy (non-hydrogen) atoms. The van der Waals surface area contributed by atoms with Gasteiger partial charge in [0.15, 0.2) is 29.2 Å². The molecule has 12 nitrogen and oxygen atoms in total. The fraction of sp³-hybridized carbons (Fsp3) is 0.357. The summed E-state index contributed by atoms with van der Waals surface area (Å²) in [5, 5.41) is 1.83. The number of aromatic nitrogens is 2. The average molecular weight is 587 g/mol. The van der Waals surface area contributed by atoms with Gasteiger partial charge in [-0.2, -0.15) is 0 Å². The first-order valence-electron chi connectivity index (χ1n) is 12.5. The number of hydrogen-bond donors (Lipinski definition) is 1. The first kappa shape index (κ1) is 31.0. The molecule has 0 saturated heterocycles. The van der Waals surface area contributed by atoms with Crippen LogP contribution in [0.5, 0.6) is 0 Å². The fourth-order valence-corrected chi connectivity index (χ4v) is 4.56. The number of fused-ring (bicyclic) bond motifs is 1. The van der Waals surface area contributed by atoms with Crippen LogP contribution in [-0.4, -0.2) is 64.3 Å². The smallest absolute Gasteiger partial charge is 0.303 e. The minimum atomic E-state index is -1.58. The SMILES string of the molecule is CC(=O)OC[C@@H](OC(C)=O)[C@H](OC(C)=O)[C@H](OC(C)=O)[C@@H](OC(C)=O)c1cn(-c2cccc3ccccc23)c(=S)[nH]1. The Bertz CT molecular complexity index is 1510. The number of H-pyrrole nitrogens is 1. The lowest BCUT2D eigenvalue weighted by atomic mass is 10.00. The molecule has 0 aliphatic heterocycles. The second-order valence-electron chi connectivity index (χ2n) is 9.01. The third kappa shape index (κ3) is 8.24. The maximum atomic E-state index is 12.3. The van der Waals surface area contributed by atoms with E-state index in [1.165, 1.54) is 0 Å². The lowest BCUT2D eigenvalue weighted by Gasteiger charge is -2.34. The molecule has 0 aliphatic carbocycles. The van der Waals surface area contributed by atoms with Crippen LogP contribution in [-0.2, 0) is 47.7 Å². The highest BCUT2D eigenvalue weighted by Crippen LogP contribution is 2.31. The summed E-state index contributed by atoms with van der Waals surface area (Å²) in [5.74, 6) is -3.94. The predicted molar refractivity (Wildman–Crippen MR) is 146 cm³/mol. The van der Waals surface area contributed by atoms with Crippen molar-refractivity contribution in [3.05, 3.63) is 59.1 Å². The van der Waals surface area contributed by atoms with Crippen LogP contribution >= 0.6 is 12.2 Å². The van der Waals surface area contributed by atoms with Crippen molar-refractivity contribution in [1.29, 1.82) is 0 Å². The van der Waals surface area contributed by atoms with Crippen LogP contribution < -0.4 is 0 Å². The van der Waals surface area contributed by atoms with Gasteiger partial charge in [0.05, 0.1) is 11.4 Å². The number of benzene rings is 2. The van der Waals surface area contributed by atoms with E-state index in [2.05, 4.69) is 4.98 Å². The van der Waals surface area contributed by atoms with Crippen molar-refractivity contribution in [2.24, 2.45) is 0 Å². The van der Waals surface area contributed by atoms with Gasteiger partial charge in [-0.3, -0.25) is 28.5 Å². The topological polar surface area (TPSA) is 152 Å². The van der Waals surface area contributed by atoms with E-state index in [1.807, 2.05) is 42.5 Å². The van der Waals surface area contributed by atoms with Crippen LogP contribution in [0.3, 0.4) is 0 Å². The molecule has 0 aliphatic rings. The predicted octanol–water partition coefficient (Wildman–Crippen LogP) is 3.65. The first-order chi connectivity index (χ1) is 19.4. The summed E-state index contributed by atoms with van der Waals surface area (Å²) >= 11 is 5.59. The van der Waals surface area contributed by atoms with Crippen LogP contribution in [0.4, 0.5) is 0 Å². The quantitative estimate of drug-likeness (QED) is 0.199. The summed E-state index contributed by atoms with van der Waals surface area (Å²) in [6.45, 7) is 4.99. The maximum absolute atomic E-state index is 12.3. The van der Waals surface area contributed by atoms with Crippen molar-refractivity contribution in [2.45, 2.75) is 59.0 Å². The highest BCUT2D eigenvalue weighted by atomic mass is 32.1. The molecule has 1 aromatic heterocycles. The number of carbonyl (C=O) groups excluding carboxylic acids is 5. The summed E-state index contributed by atoms with van der Waals surface area (Å²) in [7, 11) is 0. The van der Waals surface area contributed by atoms with E-state index in [1.54, 1.807) is 10.8 Å². The van der Waals surface area contributed by atoms with Gasteiger partial charge in [0.1, 0.15) is 6.61 Å². The second kappa shape index (κ2) is 13.7. The highest BCUT2D eigenvalue weighted by molar-refractivity contribution is 7.71. The van der Waals surface area contributed by atoms with Crippen molar-refractivity contribution in [3.8, 4) is 5.69 Å². The van der Waals surface area contributed by atoms with E-state index in [9.17, 15) is 24.0 Å². The number of aromatic amines is 1. The monoisotopic (exact) mass is 586 g/mol. The van der Waals surface area contributed by atoms with Crippen molar-refractivity contribution in [2.75, 3.05) is 6.61 Å². The van der Waals surface area contributed by atoms with Crippen molar-refractivity contribution in [3.63, 3.8) is 0 Å². The summed E-state index contributed by atoms with van der Waals surface area (Å²) in [6, 6.07) is 13.3. The lowest BCUT2D eigenvalue weighted by molar-refractivity contribution is -0.203. The zero-order valence-corrected chi connectivity index (χ0v) is 23.9. The van der Waals surface area contributed by atoms with Gasteiger partial charge < -0.3 is 28.7 Å². The number of carbonyl (C=O) groups is 5. The molecule has 2 aromatic carbocycles. The molecule has 4 atom stereocenters. The molecule has 0 fully saturated rings. The summed E-state index contributed by atoms with van der Waals surface area (Å²) < 4.78 is 28.8. The molecular formula is C28H30N2O10S. The molecule has 0 spiro atoms. The zero-order chi connectivity index (χ0) is 30.3. The molecular weight excluding hydrogens is 556 g/mol. The highest BCUT2D eigenvalue weighted by Gasteiger charge is 2.45. The van der Waals surface area contributed by atoms with Gasteiger partial charge in [0, 0.05) is 46.2 Å². The van der Waals surface area contributed by atoms with Crippen molar-refractivity contribution < 1.29 is 47.7 Å². The molecule has 0 amide bonds. The standard InChI is InChI=1S/C28H30N2O10S/c1-15(31)36-14-24(37-16(2)32)26(39-18(4)34)27(40-19(5)35)25(38-17(3)33)22-13-30(28(41)29-22)23-12-8-10-20-9-6-7-11-21(20)23/h6-13,24-27H,14H2,1-5H3,(H,29,41)/t24-,25+,26+,27-/m1/s1. The third-order valence-corrected chi connectivity index (χ3v) is 6.02. The van der Waals surface area contributed by atoms with Gasteiger partial charge >= 0.3 is 29.8 Å². The second-order valence-corrected chi connectivity index (χ2v) is 9.40. The number of nitrogens with zero attached hydrogens (tertiary/aromatic N) is 1. The van der Waals surface area contributed by atoms with Crippen LogP contribution in [0.25, 0.3) is 16.5 Å². The summed E-state index contributed by atoms with van der Waals surface area (Å²) in [6.07, 6.45) is -4.47. The van der Waals surface area contributed by atoms with Gasteiger partial charge in [-0.15, -0.1) is 0 Å². The van der Waals surface area contributed by atoms with E-state index < -0.39 is 60.9 Å². The number of nitrogens with one attached hydrogen (secondary N) is 1. The number of imidazole rings is 1. The van der Waals surface area contributed by atoms with Crippen molar-refractivity contribution in [1.82, 2.24) is 9.55 Å². The zero-order valence-electron chi connectivity index (χ0n) is 23.1. The Morgan fingerprint density at radius 1 is 0.756 bits per heavy atom. The Morgan fingerprint density at radius 3 is 1.95 bits per heavy atom.